The zero-order chi connectivity index (χ0) is 14.7. The van der Waals surface area contributed by atoms with Gasteiger partial charge < -0.3 is 15.8 Å². The molecule has 0 radical (unpaired) electrons. The van der Waals surface area contributed by atoms with Crippen molar-refractivity contribution in [2.24, 2.45) is 5.73 Å². The van der Waals surface area contributed by atoms with Crippen molar-refractivity contribution in [2.45, 2.75) is 13.0 Å². The Morgan fingerprint density at radius 1 is 1.55 bits per heavy atom. The van der Waals surface area contributed by atoms with Gasteiger partial charge in [-0.3, -0.25) is 4.79 Å². The number of halogens is 1. The lowest BCUT2D eigenvalue weighted by atomic mass is 10.2. The van der Waals surface area contributed by atoms with E-state index in [9.17, 15) is 9.59 Å². The second-order valence-electron chi connectivity index (χ2n) is 3.84. The minimum atomic E-state index is -1.40. The number of nitrogens with one attached hydrogen (secondary N) is 1. The van der Waals surface area contributed by atoms with E-state index in [0.29, 0.717) is 16.2 Å². The molecule has 0 aliphatic heterocycles. The van der Waals surface area contributed by atoms with Crippen molar-refractivity contribution in [3.05, 3.63) is 22.7 Å². The van der Waals surface area contributed by atoms with E-state index in [1.54, 1.807) is 24.6 Å². The van der Waals surface area contributed by atoms with Crippen LogP contribution in [0.15, 0.2) is 17.6 Å². The molecule has 0 aliphatic rings. The third-order valence-corrected chi connectivity index (χ3v) is 3.63. The summed E-state index contributed by atoms with van der Waals surface area (Å²) in [6.07, 6.45) is 0. The fourth-order valence-electron chi connectivity index (χ4n) is 1.57. The van der Waals surface area contributed by atoms with E-state index in [2.05, 4.69) is 10.3 Å². The maximum absolute atomic E-state index is 11.9. The summed E-state index contributed by atoms with van der Waals surface area (Å²) in [7, 11) is 0. The minimum Gasteiger partial charge on any atom is -0.464 e. The van der Waals surface area contributed by atoms with Crippen molar-refractivity contribution in [1.29, 1.82) is 0 Å². The molecule has 1 amide bonds. The predicted octanol–water partition coefficient (Wildman–Crippen LogP) is 1.78. The number of nitrogens with zero attached hydrogens (tertiary/aromatic N) is 1. The molecule has 0 spiro atoms. The van der Waals surface area contributed by atoms with Gasteiger partial charge in [0.2, 0.25) is 0 Å². The molecule has 2 rings (SSSR count). The Hall–Kier alpha value is -1.70. The van der Waals surface area contributed by atoms with Gasteiger partial charge in [0.25, 0.3) is 5.91 Å². The molecule has 1 unspecified atom stereocenters. The van der Waals surface area contributed by atoms with Gasteiger partial charge in [-0.25, -0.2) is 9.78 Å². The first-order chi connectivity index (χ1) is 9.54. The van der Waals surface area contributed by atoms with E-state index in [0.717, 1.165) is 4.70 Å². The summed E-state index contributed by atoms with van der Waals surface area (Å²) in [6.45, 7) is 1.79. The zero-order valence-electron chi connectivity index (χ0n) is 10.6. The molecule has 0 bridgehead atoms. The molecule has 0 aliphatic carbocycles. The molecular formula is C12H12ClN3O3S. The predicted molar refractivity (Wildman–Crippen MR) is 77.9 cm³/mol. The highest BCUT2D eigenvalue weighted by Gasteiger charge is 2.25. The summed E-state index contributed by atoms with van der Waals surface area (Å²) in [5, 5.41) is 2.85. The summed E-state index contributed by atoms with van der Waals surface area (Å²) >= 11 is 7.46. The zero-order valence-corrected chi connectivity index (χ0v) is 12.1. The van der Waals surface area contributed by atoms with Crippen LogP contribution < -0.4 is 11.1 Å². The first kappa shape index (κ1) is 14.7. The van der Waals surface area contributed by atoms with Gasteiger partial charge in [0.15, 0.2) is 6.04 Å². The van der Waals surface area contributed by atoms with Gasteiger partial charge in [0, 0.05) is 0 Å². The summed E-state index contributed by atoms with van der Waals surface area (Å²) < 4.78 is 5.56. The highest BCUT2D eigenvalue weighted by atomic mass is 35.5. The number of benzene rings is 1. The number of amides is 1. The molecule has 3 N–H and O–H groups in total. The number of hydrogen-bond donors (Lipinski definition) is 2. The Balaban J connectivity index is 2.23. The normalized spacial score (nSPS) is 12.2. The molecule has 1 heterocycles. The maximum atomic E-state index is 11.9. The third-order valence-electron chi connectivity index (χ3n) is 2.52. The van der Waals surface area contributed by atoms with Crippen LogP contribution >= 0.6 is 22.9 Å². The summed E-state index contributed by atoms with van der Waals surface area (Å²) in [6, 6.07) is 2.05. The molecular weight excluding hydrogens is 302 g/mol. The van der Waals surface area contributed by atoms with Gasteiger partial charge in [0.1, 0.15) is 5.52 Å². The number of anilines is 1. The third kappa shape index (κ3) is 2.90. The average molecular weight is 314 g/mol. The molecule has 2 aromatic rings. The number of hydrogen-bond acceptors (Lipinski definition) is 6. The first-order valence-corrected chi connectivity index (χ1v) is 7.05. The number of aromatic nitrogens is 1. The van der Waals surface area contributed by atoms with Crippen molar-refractivity contribution < 1.29 is 14.3 Å². The lowest BCUT2D eigenvalue weighted by Crippen LogP contribution is -2.43. The standard InChI is InChI=1S/C12H12ClN3O3S/c1-2-19-12(18)8(14)11(17)16-9-6(13)3-4-7-10(9)15-5-20-7/h3-5,8H,2,14H2,1H3,(H,16,17). The second-order valence-corrected chi connectivity index (χ2v) is 5.13. The van der Waals surface area contributed by atoms with E-state index in [1.165, 1.54) is 11.3 Å². The van der Waals surface area contributed by atoms with Crippen LogP contribution in [-0.4, -0.2) is 29.5 Å². The number of nitrogens with two attached hydrogens (primary N) is 1. The van der Waals surface area contributed by atoms with Gasteiger partial charge in [-0.2, -0.15) is 0 Å². The Kier molecular flexibility index (Phi) is 4.53. The van der Waals surface area contributed by atoms with Crippen LogP contribution in [0.3, 0.4) is 0 Å². The van der Waals surface area contributed by atoms with Crippen molar-refractivity contribution in [3.8, 4) is 0 Å². The maximum Gasteiger partial charge on any atom is 0.332 e. The largest absolute Gasteiger partial charge is 0.464 e. The second kappa shape index (κ2) is 6.17. The topological polar surface area (TPSA) is 94.3 Å². The molecule has 20 heavy (non-hydrogen) atoms. The van der Waals surface area contributed by atoms with Gasteiger partial charge >= 0.3 is 5.97 Å². The quantitative estimate of drug-likeness (QED) is 0.663. The van der Waals surface area contributed by atoms with E-state index in [4.69, 9.17) is 22.1 Å². The van der Waals surface area contributed by atoms with Crippen molar-refractivity contribution in [1.82, 2.24) is 4.98 Å². The summed E-state index contributed by atoms with van der Waals surface area (Å²) in [5.74, 6) is -1.47. The number of rotatable bonds is 4. The molecule has 1 atom stereocenters. The highest BCUT2D eigenvalue weighted by molar-refractivity contribution is 7.16. The molecule has 0 saturated carbocycles. The SMILES string of the molecule is CCOC(=O)C(N)C(=O)Nc1c(Cl)ccc2scnc12. The lowest BCUT2D eigenvalue weighted by Gasteiger charge is -2.12. The van der Waals surface area contributed by atoms with Crippen LogP contribution in [0.4, 0.5) is 5.69 Å². The van der Waals surface area contributed by atoms with E-state index >= 15 is 0 Å². The Morgan fingerprint density at radius 2 is 2.30 bits per heavy atom. The molecule has 106 valence electrons. The van der Waals surface area contributed by atoms with E-state index in [-0.39, 0.29) is 6.61 Å². The number of carbonyl (C=O) groups excluding carboxylic acids is 2. The molecule has 0 saturated heterocycles. The van der Waals surface area contributed by atoms with Crippen LogP contribution in [0.5, 0.6) is 0 Å². The molecule has 6 nitrogen and oxygen atoms in total. The first-order valence-electron chi connectivity index (χ1n) is 5.79. The van der Waals surface area contributed by atoms with Crippen LogP contribution in [0.2, 0.25) is 5.02 Å². The number of carbonyl (C=O) groups is 2. The molecule has 0 fully saturated rings. The van der Waals surface area contributed by atoms with Crippen molar-refractivity contribution in [3.63, 3.8) is 0 Å². The summed E-state index contributed by atoms with van der Waals surface area (Å²) in [5.41, 5.74) is 8.06. The van der Waals surface area contributed by atoms with Crippen LogP contribution in [0.25, 0.3) is 10.2 Å². The smallest absolute Gasteiger partial charge is 0.332 e. The molecule has 1 aromatic heterocycles. The monoisotopic (exact) mass is 313 g/mol. The number of esters is 1. The molecule has 1 aromatic carbocycles. The molecule has 8 heteroatoms. The minimum absolute atomic E-state index is 0.155. The van der Waals surface area contributed by atoms with Crippen LogP contribution in [0, 0.1) is 0 Å². The van der Waals surface area contributed by atoms with Gasteiger partial charge in [0.05, 0.1) is 27.5 Å². The van der Waals surface area contributed by atoms with Crippen LogP contribution in [-0.2, 0) is 14.3 Å². The van der Waals surface area contributed by atoms with Crippen molar-refractivity contribution >= 4 is 50.7 Å². The van der Waals surface area contributed by atoms with Gasteiger partial charge in [-0.05, 0) is 19.1 Å². The van der Waals surface area contributed by atoms with E-state index < -0.39 is 17.9 Å². The van der Waals surface area contributed by atoms with Crippen molar-refractivity contribution in [2.75, 3.05) is 11.9 Å². The number of fused-ring (bicyclic) bond motifs is 1. The Labute approximate surface area is 123 Å². The highest BCUT2D eigenvalue weighted by Crippen LogP contribution is 2.32. The number of thiazole rings is 1. The Morgan fingerprint density at radius 3 is 3.00 bits per heavy atom. The van der Waals surface area contributed by atoms with Crippen LogP contribution in [0.1, 0.15) is 6.92 Å². The summed E-state index contributed by atoms with van der Waals surface area (Å²) in [4.78, 5) is 27.5. The average Bonchev–Trinajstić information content (AvgIpc) is 2.89. The fourth-order valence-corrected chi connectivity index (χ4v) is 2.45. The number of ether oxygens (including phenoxy) is 1. The van der Waals surface area contributed by atoms with Gasteiger partial charge in [-0.15, -0.1) is 11.3 Å². The van der Waals surface area contributed by atoms with Gasteiger partial charge in [-0.1, -0.05) is 11.6 Å². The fraction of sp³-hybridized carbons (Fsp3) is 0.250. The Bertz CT molecular complexity index is 658. The lowest BCUT2D eigenvalue weighted by molar-refractivity contribution is -0.146. The van der Waals surface area contributed by atoms with E-state index in [1.807, 2.05) is 0 Å².